The predicted molar refractivity (Wildman–Crippen MR) is 123 cm³/mol. The number of imidazole rings is 1. The van der Waals surface area contributed by atoms with E-state index in [0.29, 0.717) is 54.7 Å². The number of aryl methyl sites for hydroxylation is 2. The van der Waals surface area contributed by atoms with Crippen molar-refractivity contribution in [2.45, 2.75) is 6.92 Å². The Hall–Kier alpha value is -3.96. The van der Waals surface area contributed by atoms with Gasteiger partial charge in [0, 0.05) is 26.3 Å². The molecule has 0 amide bonds. The van der Waals surface area contributed by atoms with E-state index >= 15 is 0 Å². The number of nitrogens with zero attached hydrogens (tertiary/aromatic N) is 6. The van der Waals surface area contributed by atoms with Crippen molar-refractivity contribution in [3.8, 4) is 6.07 Å². The zero-order valence-electron chi connectivity index (χ0n) is 17.9. The van der Waals surface area contributed by atoms with Gasteiger partial charge in [0.15, 0.2) is 5.82 Å². The van der Waals surface area contributed by atoms with Crippen LogP contribution in [0, 0.1) is 18.3 Å². The van der Waals surface area contributed by atoms with Crippen LogP contribution in [0.2, 0.25) is 0 Å². The summed E-state index contributed by atoms with van der Waals surface area (Å²) in [6.45, 7) is 4.31. The molecule has 4 aromatic rings. The highest BCUT2D eigenvalue weighted by atomic mass is 16.5. The van der Waals surface area contributed by atoms with Gasteiger partial charge in [-0.25, -0.2) is 9.97 Å². The summed E-state index contributed by atoms with van der Waals surface area (Å²) in [6.07, 6.45) is 3.33. The number of fused-ring (bicyclic) bond motifs is 2. The third kappa shape index (κ3) is 3.24. The minimum absolute atomic E-state index is 0.216. The normalized spacial score (nSPS) is 14.8. The van der Waals surface area contributed by atoms with Gasteiger partial charge in [-0.2, -0.15) is 5.26 Å². The largest absolute Gasteiger partial charge is 0.378 e. The van der Waals surface area contributed by atoms with Crippen LogP contribution in [0.4, 0.5) is 5.82 Å². The molecule has 5 rings (SSSR count). The van der Waals surface area contributed by atoms with Crippen molar-refractivity contribution in [3.63, 3.8) is 0 Å². The Kier molecular flexibility index (Phi) is 4.96. The summed E-state index contributed by atoms with van der Waals surface area (Å²) >= 11 is 0. The summed E-state index contributed by atoms with van der Waals surface area (Å²) in [5.41, 5.74) is 3.70. The maximum absolute atomic E-state index is 13.6. The summed E-state index contributed by atoms with van der Waals surface area (Å²) in [6, 6.07) is 13.7. The molecule has 1 aliphatic rings. The lowest BCUT2D eigenvalue weighted by Gasteiger charge is -2.29. The van der Waals surface area contributed by atoms with E-state index in [1.165, 1.54) is 4.40 Å². The molecule has 0 radical (unpaired) electrons. The molecule has 1 saturated heterocycles. The maximum Gasteiger partial charge on any atom is 0.267 e. The zero-order valence-corrected chi connectivity index (χ0v) is 17.9. The average molecular weight is 426 g/mol. The van der Waals surface area contributed by atoms with Crippen molar-refractivity contribution in [1.82, 2.24) is 18.9 Å². The maximum atomic E-state index is 13.6. The lowest BCUT2D eigenvalue weighted by Crippen LogP contribution is -2.38. The molecule has 0 N–H and O–H groups in total. The van der Waals surface area contributed by atoms with E-state index in [2.05, 4.69) is 11.1 Å². The summed E-state index contributed by atoms with van der Waals surface area (Å²) in [7, 11) is 1.87. The Labute approximate surface area is 184 Å². The van der Waals surface area contributed by atoms with Crippen molar-refractivity contribution in [1.29, 1.82) is 5.26 Å². The van der Waals surface area contributed by atoms with Crippen molar-refractivity contribution in [2.75, 3.05) is 31.2 Å². The first-order valence-electron chi connectivity index (χ1n) is 10.5. The molecule has 0 atom stereocenters. The third-order valence-electron chi connectivity index (χ3n) is 5.81. The third-order valence-corrected chi connectivity index (χ3v) is 5.81. The number of hydrogen-bond donors (Lipinski definition) is 0. The molecule has 160 valence electrons. The highest BCUT2D eigenvalue weighted by Crippen LogP contribution is 2.25. The fraction of sp³-hybridized carbons (Fsp3) is 0.250. The Bertz CT molecular complexity index is 1470. The van der Waals surface area contributed by atoms with Gasteiger partial charge in [0.25, 0.3) is 5.56 Å². The highest BCUT2D eigenvalue weighted by molar-refractivity contribution is 5.92. The van der Waals surface area contributed by atoms with Crippen LogP contribution in [-0.2, 0) is 11.8 Å². The molecule has 0 saturated carbocycles. The standard InChI is InChI=1S/C24H22N6O2/c1-16-6-5-9-30-21(16)27-23(29-10-12-32-13-11-29)18(24(30)31)14-17(15-25)22-26-19-7-3-4-8-20(19)28(22)2/h3-9,14H,10-13H2,1-2H3. The number of anilines is 1. The quantitative estimate of drug-likeness (QED) is 0.468. The van der Waals surface area contributed by atoms with Crippen LogP contribution in [-0.4, -0.2) is 45.2 Å². The van der Waals surface area contributed by atoms with Crippen LogP contribution < -0.4 is 10.5 Å². The van der Waals surface area contributed by atoms with E-state index in [1.54, 1.807) is 12.3 Å². The minimum Gasteiger partial charge on any atom is -0.378 e. The second kappa shape index (κ2) is 7.94. The summed E-state index contributed by atoms with van der Waals surface area (Å²) in [5.74, 6) is 1.08. The topological polar surface area (TPSA) is 88.5 Å². The van der Waals surface area contributed by atoms with E-state index < -0.39 is 0 Å². The molecule has 0 spiro atoms. The monoisotopic (exact) mass is 426 g/mol. The number of aromatic nitrogens is 4. The van der Waals surface area contributed by atoms with Crippen molar-refractivity contribution in [3.05, 3.63) is 69.9 Å². The van der Waals surface area contributed by atoms with E-state index in [9.17, 15) is 10.1 Å². The van der Waals surface area contributed by atoms with Gasteiger partial charge in [0.2, 0.25) is 0 Å². The molecule has 1 aliphatic heterocycles. The molecular formula is C24H22N6O2. The van der Waals surface area contributed by atoms with Gasteiger partial charge in [-0.15, -0.1) is 0 Å². The van der Waals surface area contributed by atoms with E-state index in [-0.39, 0.29) is 5.56 Å². The second-order valence-corrected chi connectivity index (χ2v) is 7.79. The van der Waals surface area contributed by atoms with Gasteiger partial charge in [0.05, 0.1) is 35.4 Å². The fourth-order valence-electron chi connectivity index (χ4n) is 4.12. The molecule has 0 aliphatic carbocycles. The Morgan fingerprint density at radius 2 is 1.94 bits per heavy atom. The van der Waals surface area contributed by atoms with Crippen LogP contribution >= 0.6 is 0 Å². The van der Waals surface area contributed by atoms with Crippen molar-refractivity contribution >= 4 is 34.1 Å². The van der Waals surface area contributed by atoms with Gasteiger partial charge >= 0.3 is 0 Å². The van der Waals surface area contributed by atoms with Crippen LogP contribution in [0.15, 0.2) is 47.4 Å². The smallest absolute Gasteiger partial charge is 0.267 e. The number of benzene rings is 1. The first-order chi connectivity index (χ1) is 15.6. The van der Waals surface area contributed by atoms with Gasteiger partial charge in [-0.3, -0.25) is 9.20 Å². The van der Waals surface area contributed by atoms with Crippen molar-refractivity contribution < 1.29 is 4.74 Å². The Morgan fingerprint density at radius 3 is 2.69 bits per heavy atom. The molecule has 3 aromatic heterocycles. The number of nitriles is 1. The lowest BCUT2D eigenvalue weighted by atomic mass is 10.1. The summed E-state index contributed by atoms with van der Waals surface area (Å²) < 4.78 is 8.90. The number of para-hydroxylation sites is 2. The van der Waals surface area contributed by atoms with Gasteiger partial charge in [-0.1, -0.05) is 18.2 Å². The number of hydrogen-bond acceptors (Lipinski definition) is 6. The number of ether oxygens (including phenoxy) is 1. The molecule has 8 nitrogen and oxygen atoms in total. The van der Waals surface area contributed by atoms with E-state index in [4.69, 9.17) is 9.72 Å². The summed E-state index contributed by atoms with van der Waals surface area (Å²) in [5, 5.41) is 10.0. The van der Waals surface area contributed by atoms with E-state index in [0.717, 1.165) is 16.6 Å². The lowest BCUT2D eigenvalue weighted by molar-refractivity contribution is 0.122. The number of allylic oxidation sites excluding steroid dienone is 1. The average Bonchev–Trinajstić information content (AvgIpc) is 3.16. The molecule has 1 aromatic carbocycles. The fourth-order valence-corrected chi connectivity index (χ4v) is 4.12. The molecule has 0 bridgehead atoms. The number of pyridine rings is 1. The molecule has 32 heavy (non-hydrogen) atoms. The molecule has 8 heteroatoms. The Morgan fingerprint density at radius 1 is 1.16 bits per heavy atom. The molecule has 0 unspecified atom stereocenters. The molecular weight excluding hydrogens is 404 g/mol. The number of morpholine rings is 1. The molecule has 1 fully saturated rings. The summed E-state index contributed by atoms with van der Waals surface area (Å²) in [4.78, 5) is 25.1. The SMILES string of the molecule is Cc1cccn2c(=O)c(C=C(C#N)c3nc4ccccc4n3C)c(N3CCOCC3)nc12. The highest BCUT2D eigenvalue weighted by Gasteiger charge is 2.22. The second-order valence-electron chi connectivity index (χ2n) is 7.79. The minimum atomic E-state index is -0.216. The van der Waals surface area contributed by atoms with Gasteiger partial charge in [-0.05, 0) is 36.8 Å². The Balaban J connectivity index is 1.77. The van der Waals surface area contributed by atoms with Gasteiger partial charge in [0.1, 0.15) is 17.5 Å². The van der Waals surface area contributed by atoms with Gasteiger partial charge < -0.3 is 14.2 Å². The van der Waals surface area contributed by atoms with Crippen LogP contribution in [0.5, 0.6) is 0 Å². The zero-order chi connectivity index (χ0) is 22.2. The predicted octanol–water partition coefficient (Wildman–Crippen LogP) is 2.79. The first kappa shape index (κ1) is 20.0. The van der Waals surface area contributed by atoms with Crippen LogP contribution in [0.25, 0.3) is 28.3 Å². The number of rotatable bonds is 3. The van der Waals surface area contributed by atoms with Crippen LogP contribution in [0.1, 0.15) is 17.0 Å². The van der Waals surface area contributed by atoms with E-state index in [1.807, 2.05) is 59.8 Å². The molecule has 4 heterocycles. The first-order valence-corrected chi connectivity index (χ1v) is 10.5. The van der Waals surface area contributed by atoms with Crippen LogP contribution in [0.3, 0.4) is 0 Å². The van der Waals surface area contributed by atoms with Crippen molar-refractivity contribution in [2.24, 2.45) is 7.05 Å².